The van der Waals surface area contributed by atoms with Gasteiger partial charge in [-0.05, 0) is 0 Å². The Morgan fingerprint density at radius 3 is 1.38 bits per heavy atom. The van der Waals surface area contributed by atoms with E-state index in [0.717, 1.165) is 0 Å². The predicted octanol–water partition coefficient (Wildman–Crippen LogP) is 2.41. The minimum absolute atomic E-state index is 1.30. The van der Waals surface area contributed by atoms with Gasteiger partial charge in [0.1, 0.15) is 0 Å². The molecule has 0 bridgehead atoms. The third-order valence-electron chi connectivity index (χ3n) is 4.00. The summed E-state index contributed by atoms with van der Waals surface area (Å²) >= 11 is 0. The van der Waals surface area contributed by atoms with Crippen molar-refractivity contribution in [2.24, 2.45) is 0 Å². The van der Waals surface area contributed by atoms with Gasteiger partial charge in [0.05, 0.1) is 7.94 Å². The second-order valence-electron chi connectivity index (χ2n) is 5.49. The Kier molecular flexibility index (Phi) is 4.07. The molecule has 0 unspecified atom stereocenters. The minimum atomic E-state index is -1.87. The van der Waals surface area contributed by atoms with Gasteiger partial charge in [0.15, 0.2) is 6.87 Å². The van der Waals surface area contributed by atoms with Crippen LogP contribution in [-0.2, 0) is 0 Å². The molecule has 3 aromatic rings. The lowest BCUT2D eigenvalue weighted by atomic mass is 9.94. The van der Waals surface area contributed by atoms with Crippen molar-refractivity contribution in [3.05, 3.63) is 91.0 Å². The summed E-state index contributed by atoms with van der Waals surface area (Å²) in [6.45, 7) is 4.91. The van der Waals surface area contributed by atoms with Gasteiger partial charge < -0.3 is 0 Å². The summed E-state index contributed by atoms with van der Waals surface area (Å²) in [7, 11) is -1.87. The van der Waals surface area contributed by atoms with Gasteiger partial charge in [-0.1, -0.05) is 113 Å². The molecule has 0 saturated heterocycles. The first-order valence-electron chi connectivity index (χ1n) is 7.31. The molecular weight excluding hydrogens is 267 g/mol. The summed E-state index contributed by atoms with van der Waals surface area (Å²) in [5.74, 6) is 0. The highest BCUT2D eigenvalue weighted by molar-refractivity contribution is 7.40. The average molecular weight is 285 g/mol. The zero-order valence-corrected chi connectivity index (χ0v) is 13.2. The molecule has 0 aliphatic carbocycles. The lowest BCUT2D eigenvalue weighted by Gasteiger charge is -2.28. The summed E-state index contributed by atoms with van der Waals surface area (Å²) in [4.78, 5) is 0. The van der Waals surface area contributed by atoms with Gasteiger partial charge >= 0.3 is 0 Å². The van der Waals surface area contributed by atoms with Crippen molar-refractivity contribution in [1.29, 1.82) is 0 Å². The lowest BCUT2D eigenvalue weighted by Crippen LogP contribution is -2.63. The van der Waals surface area contributed by atoms with Crippen molar-refractivity contribution in [3.63, 3.8) is 0 Å². The molecule has 0 nitrogen and oxygen atoms in total. The predicted molar refractivity (Wildman–Crippen MR) is 95.6 cm³/mol. The number of hydrogen-bond acceptors (Lipinski definition) is 0. The monoisotopic (exact) mass is 285 g/mol. The summed E-state index contributed by atoms with van der Waals surface area (Å²) < 4.78 is 0. The van der Waals surface area contributed by atoms with Gasteiger partial charge in [0, 0.05) is 0 Å². The Morgan fingerprint density at radius 2 is 0.952 bits per heavy atom. The molecule has 0 atom stereocenters. The highest BCUT2D eigenvalue weighted by Gasteiger charge is 2.32. The Labute approximate surface area is 128 Å². The first kappa shape index (κ1) is 13.9. The van der Waals surface area contributed by atoms with Crippen molar-refractivity contribution < 1.29 is 0 Å². The third kappa shape index (κ3) is 3.01. The summed E-state index contributed by atoms with van der Waals surface area (Å²) in [5.41, 5.74) is 1.30. The number of rotatable bonds is 4. The van der Waals surface area contributed by atoms with Gasteiger partial charge in [-0.15, -0.1) is 0 Å². The first-order chi connectivity index (χ1) is 10.3. The largest absolute Gasteiger partial charge is 0.156 e. The van der Waals surface area contributed by atoms with E-state index in [0.29, 0.717) is 0 Å². The Balaban J connectivity index is 2.07. The van der Waals surface area contributed by atoms with Crippen LogP contribution in [-0.4, -0.2) is 14.8 Å². The molecule has 0 heterocycles. The van der Waals surface area contributed by atoms with Crippen LogP contribution in [0.15, 0.2) is 91.0 Å². The van der Waals surface area contributed by atoms with Crippen LogP contribution in [0, 0.1) is 0 Å². The average Bonchev–Trinajstić information content (AvgIpc) is 2.57. The highest BCUT2D eigenvalue weighted by Crippen LogP contribution is 2.04. The van der Waals surface area contributed by atoms with E-state index in [4.69, 9.17) is 0 Å². The van der Waals surface area contributed by atoms with E-state index in [1.807, 2.05) is 0 Å². The maximum atomic E-state index is 2.48. The molecule has 0 aliphatic rings. The Bertz CT molecular complexity index is 641. The van der Waals surface area contributed by atoms with E-state index in [1.165, 1.54) is 15.8 Å². The van der Waals surface area contributed by atoms with Crippen molar-refractivity contribution in [1.82, 2.24) is 0 Å². The van der Waals surface area contributed by atoms with Crippen LogP contribution in [0.5, 0.6) is 0 Å². The fourth-order valence-corrected chi connectivity index (χ4v) is 6.08. The molecule has 0 aliphatic heterocycles. The SMILES string of the molecule is C[Si]([B]c1ccccc1)(c1ccccc1)c1ccccc1. The normalized spacial score (nSPS) is 11.1. The maximum Gasteiger partial charge on any atom is 0.156 e. The summed E-state index contributed by atoms with van der Waals surface area (Å²) in [6.07, 6.45) is 0. The van der Waals surface area contributed by atoms with Gasteiger partial charge in [-0.25, -0.2) is 0 Å². The molecule has 0 spiro atoms. The molecule has 3 rings (SSSR count). The lowest BCUT2D eigenvalue weighted by molar-refractivity contribution is 1.71. The zero-order valence-electron chi connectivity index (χ0n) is 12.2. The van der Waals surface area contributed by atoms with Crippen LogP contribution in [0.4, 0.5) is 0 Å². The molecule has 21 heavy (non-hydrogen) atoms. The van der Waals surface area contributed by atoms with Crippen molar-refractivity contribution in [3.8, 4) is 0 Å². The molecule has 0 N–H and O–H groups in total. The second kappa shape index (κ2) is 6.15. The minimum Gasteiger partial charge on any atom is -0.0898 e. The van der Waals surface area contributed by atoms with E-state index in [-0.39, 0.29) is 0 Å². The van der Waals surface area contributed by atoms with Gasteiger partial charge in [0.2, 0.25) is 0 Å². The fraction of sp³-hybridized carbons (Fsp3) is 0.0526. The van der Waals surface area contributed by atoms with Gasteiger partial charge in [-0.2, -0.15) is 0 Å². The van der Waals surface area contributed by atoms with Crippen LogP contribution in [0.3, 0.4) is 0 Å². The van der Waals surface area contributed by atoms with E-state index in [9.17, 15) is 0 Å². The van der Waals surface area contributed by atoms with Crippen LogP contribution in [0.1, 0.15) is 0 Å². The summed E-state index contributed by atoms with van der Waals surface area (Å²) in [6, 6.07) is 32.5. The van der Waals surface area contributed by atoms with E-state index >= 15 is 0 Å². The van der Waals surface area contributed by atoms with Crippen LogP contribution in [0.25, 0.3) is 0 Å². The zero-order chi connectivity index (χ0) is 14.5. The highest BCUT2D eigenvalue weighted by atomic mass is 28.3. The molecular formula is C19H18BSi. The quantitative estimate of drug-likeness (QED) is 0.646. The van der Waals surface area contributed by atoms with E-state index in [2.05, 4.69) is 104 Å². The molecule has 0 amide bonds. The number of hydrogen-bond donors (Lipinski definition) is 0. The first-order valence-corrected chi connectivity index (χ1v) is 9.89. The van der Waals surface area contributed by atoms with Crippen LogP contribution >= 0.6 is 0 Å². The van der Waals surface area contributed by atoms with Crippen molar-refractivity contribution >= 4 is 30.7 Å². The third-order valence-corrected chi connectivity index (χ3v) is 7.98. The topological polar surface area (TPSA) is 0 Å². The molecule has 1 radical (unpaired) electrons. The van der Waals surface area contributed by atoms with Gasteiger partial charge in [0.25, 0.3) is 0 Å². The molecule has 3 aromatic carbocycles. The molecule has 0 fully saturated rings. The smallest absolute Gasteiger partial charge is 0.0898 e. The Hall–Kier alpha value is -2.06. The molecule has 2 heteroatoms. The van der Waals surface area contributed by atoms with Crippen LogP contribution < -0.4 is 15.8 Å². The van der Waals surface area contributed by atoms with E-state index in [1.54, 1.807) is 0 Å². The maximum absolute atomic E-state index is 2.48. The fourth-order valence-electron chi connectivity index (χ4n) is 2.78. The van der Waals surface area contributed by atoms with E-state index < -0.39 is 7.94 Å². The van der Waals surface area contributed by atoms with Crippen molar-refractivity contribution in [2.45, 2.75) is 6.55 Å². The summed E-state index contributed by atoms with van der Waals surface area (Å²) in [5, 5.41) is 2.89. The van der Waals surface area contributed by atoms with Crippen LogP contribution in [0.2, 0.25) is 6.55 Å². The number of benzene rings is 3. The molecule has 0 aromatic heterocycles. The molecule has 0 saturated carbocycles. The van der Waals surface area contributed by atoms with Gasteiger partial charge in [-0.3, -0.25) is 0 Å². The second-order valence-corrected chi connectivity index (χ2v) is 9.34. The van der Waals surface area contributed by atoms with Crippen molar-refractivity contribution in [2.75, 3.05) is 0 Å². The molecule has 101 valence electrons. The standard InChI is InChI=1S/C19H18BSi/c1-21(18-13-7-3-8-14-18,19-15-9-4-10-16-19)20-17-11-5-2-6-12-17/h2-16H,1H3. The Morgan fingerprint density at radius 1 is 0.571 bits per heavy atom.